The molecule has 5 unspecified atom stereocenters. The number of fused-ring (bicyclic) bond motifs is 1. The molecule has 4 aliphatic rings. The molecule has 41 heavy (non-hydrogen) atoms. The Bertz CT molecular complexity index is 1080. The summed E-state index contributed by atoms with van der Waals surface area (Å²) in [6, 6.07) is -1.72. The molecule has 0 bridgehead atoms. The Labute approximate surface area is 242 Å². The van der Waals surface area contributed by atoms with E-state index < -0.39 is 47.3 Å². The number of allylic oxidation sites excluding steroid dienone is 1. The van der Waals surface area contributed by atoms with Crippen LogP contribution in [0, 0.1) is 23.2 Å². The van der Waals surface area contributed by atoms with Crippen LogP contribution in [0.2, 0.25) is 0 Å². The summed E-state index contributed by atoms with van der Waals surface area (Å²) >= 11 is 0. The normalized spacial score (nSPS) is 28.1. The van der Waals surface area contributed by atoms with Crippen LogP contribution in [-0.4, -0.2) is 90.1 Å². The quantitative estimate of drug-likeness (QED) is 0.280. The Morgan fingerprint density at radius 1 is 1.17 bits per heavy atom. The number of ether oxygens (including phenoxy) is 3. The zero-order valence-corrected chi connectivity index (χ0v) is 25.5. The SMILES string of the molecule is COC(=O)C(O)C(CC1COC1)NC(=O)[C@@H]1C2C(CN1C(=O)C(C)(NC(=O)OC(C)(C)C)C1=CCCCC1)C2(C)C. The first-order valence-corrected chi connectivity index (χ1v) is 14.8. The summed E-state index contributed by atoms with van der Waals surface area (Å²) in [6.07, 6.45) is 3.45. The molecular formula is C30H47N3O8. The average molecular weight is 578 g/mol. The Balaban J connectivity index is 1.61. The molecule has 1 saturated carbocycles. The molecule has 0 aromatic carbocycles. The lowest BCUT2D eigenvalue weighted by Gasteiger charge is -2.41. The second-order valence-electron chi connectivity index (χ2n) is 13.8. The van der Waals surface area contributed by atoms with Gasteiger partial charge in [0.1, 0.15) is 17.2 Å². The second kappa shape index (κ2) is 11.6. The van der Waals surface area contributed by atoms with Crippen LogP contribution in [0.15, 0.2) is 11.6 Å². The van der Waals surface area contributed by atoms with E-state index in [9.17, 15) is 24.3 Å². The van der Waals surface area contributed by atoms with Gasteiger partial charge in [-0.1, -0.05) is 19.9 Å². The maximum absolute atomic E-state index is 14.5. The van der Waals surface area contributed by atoms with Crippen molar-refractivity contribution in [2.24, 2.45) is 23.2 Å². The van der Waals surface area contributed by atoms with Gasteiger partial charge in [0.15, 0.2) is 6.10 Å². The summed E-state index contributed by atoms with van der Waals surface area (Å²) in [5.41, 5.74) is -1.49. The number of hydrogen-bond acceptors (Lipinski definition) is 8. The highest BCUT2D eigenvalue weighted by Crippen LogP contribution is 2.65. The van der Waals surface area contributed by atoms with E-state index in [1.54, 1.807) is 32.6 Å². The summed E-state index contributed by atoms with van der Waals surface area (Å²) in [6.45, 7) is 12.5. The number of aliphatic hydroxyl groups is 1. The van der Waals surface area contributed by atoms with Gasteiger partial charge in [0.2, 0.25) is 5.91 Å². The van der Waals surface area contributed by atoms with Gasteiger partial charge in [-0.15, -0.1) is 0 Å². The summed E-state index contributed by atoms with van der Waals surface area (Å²) in [4.78, 5) is 55.2. The largest absolute Gasteiger partial charge is 0.467 e. The number of nitrogens with zero attached hydrogens (tertiary/aromatic N) is 1. The third kappa shape index (κ3) is 6.40. The van der Waals surface area contributed by atoms with Crippen LogP contribution in [0.1, 0.15) is 73.6 Å². The first kappa shape index (κ1) is 31.3. The van der Waals surface area contributed by atoms with Gasteiger partial charge in [0.05, 0.1) is 26.4 Å². The van der Waals surface area contributed by atoms with Gasteiger partial charge in [-0.3, -0.25) is 9.59 Å². The number of alkyl carbamates (subject to hydrolysis) is 1. The van der Waals surface area contributed by atoms with Crippen LogP contribution in [0.4, 0.5) is 4.79 Å². The fraction of sp³-hybridized carbons (Fsp3) is 0.800. The number of likely N-dealkylation sites (tertiary alicyclic amines) is 1. The van der Waals surface area contributed by atoms with Crippen LogP contribution >= 0.6 is 0 Å². The van der Waals surface area contributed by atoms with Crippen molar-refractivity contribution in [2.75, 3.05) is 26.9 Å². The molecule has 11 nitrogen and oxygen atoms in total. The molecule has 2 saturated heterocycles. The standard InChI is InChI=1S/C30H47N3O8/c1-28(2,3)41-27(38)32-30(6,18-11-9-8-10-12-18)26(37)33-14-19-21(29(19,4)5)22(33)24(35)31-20(13-17-15-40-16-17)23(34)25(36)39-7/h11,17,19-23,34H,8-10,12-16H2,1-7H3,(H,31,35)(H,32,38)/t19?,20?,21?,22-,23?,30?/m0/s1. The van der Waals surface area contributed by atoms with E-state index in [2.05, 4.69) is 24.5 Å². The molecule has 6 atom stereocenters. The highest BCUT2D eigenvalue weighted by atomic mass is 16.6. The number of carbonyl (C=O) groups excluding carboxylic acids is 4. The highest BCUT2D eigenvalue weighted by molar-refractivity contribution is 5.97. The number of aliphatic hydroxyl groups excluding tert-OH is 1. The molecule has 3 N–H and O–H groups in total. The third-order valence-corrected chi connectivity index (χ3v) is 9.30. The first-order chi connectivity index (χ1) is 19.1. The molecule has 2 aliphatic heterocycles. The lowest BCUT2D eigenvalue weighted by Crippen LogP contribution is -2.64. The van der Waals surface area contributed by atoms with E-state index in [-0.39, 0.29) is 29.1 Å². The van der Waals surface area contributed by atoms with Crippen LogP contribution < -0.4 is 10.6 Å². The van der Waals surface area contributed by atoms with Crippen molar-refractivity contribution in [3.05, 3.63) is 11.6 Å². The number of carbonyl (C=O) groups is 4. The van der Waals surface area contributed by atoms with Crippen molar-refractivity contribution in [1.29, 1.82) is 0 Å². The predicted molar refractivity (Wildman–Crippen MR) is 149 cm³/mol. The zero-order chi connectivity index (χ0) is 30.3. The average Bonchev–Trinajstić information content (AvgIpc) is 3.20. The first-order valence-electron chi connectivity index (χ1n) is 14.8. The topological polar surface area (TPSA) is 144 Å². The number of rotatable bonds is 9. The minimum absolute atomic E-state index is 0.0885. The number of nitrogens with one attached hydrogen (secondary N) is 2. The Morgan fingerprint density at radius 2 is 1.85 bits per heavy atom. The van der Waals surface area contributed by atoms with E-state index in [0.29, 0.717) is 32.6 Å². The minimum Gasteiger partial charge on any atom is -0.467 e. The molecule has 0 radical (unpaired) electrons. The molecule has 2 heterocycles. The fourth-order valence-electron chi connectivity index (χ4n) is 6.75. The zero-order valence-electron chi connectivity index (χ0n) is 25.5. The van der Waals surface area contributed by atoms with Crippen LogP contribution in [0.3, 0.4) is 0 Å². The Hall–Kier alpha value is -2.66. The van der Waals surface area contributed by atoms with Crippen molar-refractivity contribution in [1.82, 2.24) is 15.5 Å². The van der Waals surface area contributed by atoms with Crippen LogP contribution in [0.25, 0.3) is 0 Å². The Kier molecular flexibility index (Phi) is 8.81. The van der Waals surface area contributed by atoms with Crippen molar-refractivity contribution in [3.8, 4) is 0 Å². The summed E-state index contributed by atoms with van der Waals surface area (Å²) in [5.74, 6) is -1.53. The van der Waals surface area contributed by atoms with Gasteiger partial charge in [0, 0.05) is 12.5 Å². The number of esters is 1. The van der Waals surface area contributed by atoms with E-state index in [1.165, 1.54) is 7.11 Å². The summed E-state index contributed by atoms with van der Waals surface area (Å²) in [5, 5.41) is 16.5. The minimum atomic E-state index is -1.55. The number of hydrogen-bond donors (Lipinski definition) is 3. The number of piperidine rings is 1. The Morgan fingerprint density at radius 3 is 2.39 bits per heavy atom. The lowest BCUT2D eigenvalue weighted by atomic mass is 9.82. The van der Waals surface area contributed by atoms with Gasteiger partial charge in [-0.2, -0.15) is 0 Å². The van der Waals surface area contributed by atoms with E-state index in [0.717, 1.165) is 24.8 Å². The van der Waals surface area contributed by atoms with Gasteiger partial charge < -0.3 is 34.9 Å². The number of amides is 3. The molecule has 11 heteroatoms. The van der Waals surface area contributed by atoms with Crippen molar-refractivity contribution < 1.29 is 38.5 Å². The van der Waals surface area contributed by atoms with E-state index in [1.807, 2.05) is 6.08 Å². The van der Waals surface area contributed by atoms with Gasteiger partial charge in [-0.25, -0.2) is 9.59 Å². The maximum atomic E-state index is 14.5. The fourth-order valence-corrected chi connectivity index (χ4v) is 6.75. The molecule has 2 aliphatic carbocycles. The molecule has 4 rings (SSSR count). The lowest BCUT2D eigenvalue weighted by molar-refractivity contribution is -0.154. The van der Waals surface area contributed by atoms with Gasteiger partial charge >= 0.3 is 12.1 Å². The summed E-state index contributed by atoms with van der Waals surface area (Å²) in [7, 11) is 1.18. The predicted octanol–water partition coefficient (Wildman–Crippen LogP) is 2.31. The smallest absolute Gasteiger partial charge is 0.408 e. The van der Waals surface area contributed by atoms with Crippen molar-refractivity contribution in [3.63, 3.8) is 0 Å². The van der Waals surface area contributed by atoms with Gasteiger partial charge in [-0.05, 0) is 82.6 Å². The van der Waals surface area contributed by atoms with Crippen LogP contribution in [0.5, 0.6) is 0 Å². The monoisotopic (exact) mass is 577 g/mol. The molecule has 3 amide bonds. The molecule has 0 spiro atoms. The van der Waals surface area contributed by atoms with E-state index in [4.69, 9.17) is 14.2 Å². The summed E-state index contributed by atoms with van der Waals surface area (Å²) < 4.78 is 15.5. The highest BCUT2D eigenvalue weighted by Gasteiger charge is 2.70. The second-order valence-corrected chi connectivity index (χ2v) is 13.8. The number of methoxy groups -OCH3 is 1. The third-order valence-electron chi connectivity index (χ3n) is 9.30. The van der Waals surface area contributed by atoms with Gasteiger partial charge in [0.25, 0.3) is 5.91 Å². The van der Waals surface area contributed by atoms with Crippen molar-refractivity contribution in [2.45, 2.75) is 103 Å². The molecule has 3 fully saturated rings. The molecule has 0 aromatic heterocycles. The maximum Gasteiger partial charge on any atom is 0.408 e. The van der Waals surface area contributed by atoms with Crippen LogP contribution in [-0.2, 0) is 28.6 Å². The molecule has 0 aromatic rings. The molecule has 230 valence electrons. The van der Waals surface area contributed by atoms with E-state index >= 15 is 0 Å². The van der Waals surface area contributed by atoms with Crippen molar-refractivity contribution >= 4 is 23.9 Å². The molecular weight excluding hydrogens is 530 g/mol.